The molecular weight excluding hydrogens is 240 g/mol. The van der Waals surface area contributed by atoms with Gasteiger partial charge in [-0.05, 0) is 24.3 Å². The van der Waals surface area contributed by atoms with Crippen LogP contribution in [-0.4, -0.2) is 36.7 Å². The lowest BCUT2D eigenvalue weighted by Gasteiger charge is -2.28. The van der Waals surface area contributed by atoms with Gasteiger partial charge in [-0.15, -0.1) is 0 Å². The highest BCUT2D eigenvalue weighted by atomic mass is 16.5. The number of ether oxygens (including phenoxy) is 1. The normalized spacial score (nSPS) is 16.0. The summed E-state index contributed by atoms with van der Waals surface area (Å²) in [6.45, 7) is 5.03. The van der Waals surface area contributed by atoms with Crippen molar-refractivity contribution in [2.75, 3.05) is 31.2 Å². The molecule has 0 atom stereocenters. The van der Waals surface area contributed by atoms with Crippen LogP contribution < -0.4 is 4.90 Å². The van der Waals surface area contributed by atoms with Gasteiger partial charge in [-0.3, -0.25) is 4.79 Å². The zero-order valence-corrected chi connectivity index (χ0v) is 11.3. The van der Waals surface area contributed by atoms with Crippen molar-refractivity contribution in [3.8, 4) is 0 Å². The lowest BCUT2D eigenvalue weighted by molar-refractivity contribution is 0.101. The summed E-state index contributed by atoms with van der Waals surface area (Å²) >= 11 is 0. The van der Waals surface area contributed by atoms with E-state index >= 15 is 0 Å². The summed E-state index contributed by atoms with van der Waals surface area (Å²) in [7, 11) is 1.94. The first-order valence-electron chi connectivity index (χ1n) is 6.60. The predicted molar refractivity (Wildman–Crippen MR) is 76.0 cm³/mol. The Labute approximate surface area is 112 Å². The number of carbonyl (C=O) groups is 1. The van der Waals surface area contributed by atoms with Crippen LogP contribution in [0.15, 0.2) is 24.3 Å². The van der Waals surface area contributed by atoms with Crippen molar-refractivity contribution in [3.63, 3.8) is 0 Å². The van der Waals surface area contributed by atoms with Crippen molar-refractivity contribution in [2.24, 2.45) is 7.05 Å². The number of Topliss-reactive ketones (excluding diaryl/α,β-unsaturated/α-hetero) is 1. The first kappa shape index (κ1) is 12.2. The van der Waals surface area contributed by atoms with E-state index in [1.54, 1.807) is 6.92 Å². The summed E-state index contributed by atoms with van der Waals surface area (Å²) in [5.74, 6) is 0.103. The van der Waals surface area contributed by atoms with Gasteiger partial charge in [0.25, 0.3) is 0 Å². The van der Waals surface area contributed by atoms with Crippen LogP contribution in [0.3, 0.4) is 0 Å². The molecule has 1 aliphatic heterocycles. The number of ketones is 1. The molecule has 2 aromatic rings. The lowest BCUT2D eigenvalue weighted by Crippen LogP contribution is -2.36. The molecule has 0 radical (unpaired) electrons. The molecule has 3 rings (SSSR count). The van der Waals surface area contributed by atoms with E-state index in [-0.39, 0.29) is 5.78 Å². The fraction of sp³-hybridized carbons (Fsp3) is 0.400. The Kier molecular flexibility index (Phi) is 3.03. The molecule has 19 heavy (non-hydrogen) atoms. The first-order chi connectivity index (χ1) is 9.16. The molecule has 0 bridgehead atoms. The van der Waals surface area contributed by atoms with Gasteiger partial charge in [0.2, 0.25) is 0 Å². The van der Waals surface area contributed by atoms with Crippen LogP contribution in [0.5, 0.6) is 0 Å². The summed E-state index contributed by atoms with van der Waals surface area (Å²) in [6, 6.07) is 8.35. The van der Waals surface area contributed by atoms with E-state index in [4.69, 9.17) is 4.74 Å². The Hall–Kier alpha value is -1.81. The van der Waals surface area contributed by atoms with Gasteiger partial charge in [0, 0.05) is 43.7 Å². The molecule has 4 nitrogen and oxygen atoms in total. The van der Waals surface area contributed by atoms with Gasteiger partial charge in [0.1, 0.15) is 0 Å². The Morgan fingerprint density at radius 1 is 1.21 bits per heavy atom. The highest BCUT2D eigenvalue weighted by molar-refractivity contribution is 5.99. The van der Waals surface area contributed by atoms with Crippen LogP contribution in [0.2, 0.25) is 0 Å². The molecule has 100 valence electrons. The number of morpholine rings is 1. The third kappa shape index (κ3) is 2.12. The Bertz CT molecular complexity index is 624. The fourth-order valence-corrected chi connectivity index (χ4v) is 2.69. The molecule has 4 heteroatoms. The first-order valence-corrected chi connectivity index (χ1v) is 6.60. The van der Waals surface area contributed by atoms with Gasteiger partial charge in [-0.2, -0.15) is 0 Å². The third-order valence-corrected chi connectivity index (χ3v) is 3.76. The molecule has 0 amide bonds. The van der Waals surface area contributed by atoms with E-state index in [0.717, 1.165) is 42.9 Å². The Morgan fingerprint density at radius 3 is 2.63 bits per heavy atom. The molecule has 0 saturated carbocycles. The number of hydrogen-bond acceptors (Lipinski definition) is 3. The van der Waals surface area contributed by atoms with E-state index in [1.807, 2.05) is 17.7 Å². The van der Waals surface area contributed by atoms with Crippen LogP contribution >= 0.6 is 0 Å². The van der Waals surface area contributed by atoms with Crippen molar-refractivity contribution in [1.29, 1.82) is 0 Å². The van der Waals surface area contributed by atoms with Crippen molar-refractivity contribution in [2.45, 2.75) is 6.92 Å². The molecular formula is C15H18N2O2. The zero-order valence-electron chi connectivity index (χ0n) is 11.3. The van der Waals surface area contributed by atoms with Gasteiger partial charge >= 0.3 is 0 Å². The monoisotopic (exact) mass is 258 g/mol. The molecule has 0 aliphatic carbocycles. The number of aryl methyl sites for hydroxylation is 1. The summed E-state index contributed by atoms with van der Waals surface area (Å²) in [5, 5.41) is 1.12. The van der Waals surface area contributed by atoms with Gasteiger partial charge in [0.05, 0.1) is 18.9 Å². The largest absolute Gasteiger partial charge is 0.378 e. The molecule has 2 heterocycles. The van der Waals surface area contributed by atoms with Gasteiger partial charge in [-0.25, -0.2) is 0 Å². The summed E-state index contributed by atoms with van der Waals surface area (Å²) in [4.78, 5) is 13.9. The highest BCUT2D eigenvalue weighted by Crippen LogP contribution is 2.25. The third-order valence-electron chi connectivity index (χ3n) is 3.76. The number of hydrogen-bond donors (Lipinski definition) is 0. The summed E-state index contributed by atoms with van der Waals surface area (Å²) in [5.41, 5.74) is 3.06. The highest BCUT2D eigenvalue weighted by Gasteiger charge is 2.14. The van der Waals surface area contributed by atoms with Gasteiger partial charge in [0.15, 0.2) is 5.78 Å². The zero-order chi connectivity index (χ0) is 13.4. The second kappa shape index (κ2) is 4.70. The molecule has 1 saturated heterocycles. The van der Waals surface area contributed by atoms with Crippen LogP contribution in [-0.2, 0) is 11.8 Å². The molecule has 1 aliphatic rings. The average molecular weight is 258 g/mol. The molecule has 1 aromatic heterocycles. The minimum atomic E-state index is 0.103. The molecule has 0 unspecified atom stereocenters. The van der Waals surface area contributed by atoms with Crippen LogP contribution in [0.4, 0.5) is 5.69 Å². The maximum atomic E-state index is 11.6. The predicted octanol–water partition coefficient (Wildman–Crippen LogP) is 2.22. The van der Waals surface area contributed by atoms with E-state index in [0.29, 0.717) is 0 Å². The van der Waals surface area contributed by atoms with Crippen LogP contribution in [0.1, 0.15) is 17.4 Å². The maximum absolute atomic E-state index is 11.6. The number of benzene rings is 1. The van der Waals surface area contributed by atoms with Crippen molar-refractivity contribution in [1.82, 2.24) is 4.57 Å². The van der Waals surface area contributed by atoms with Crippen LogP contribution in [0.25, 0.3) is 10.9 Å². The minimum absolute atomic E-state index is 0.103. The number of rotatable bonds is 2. The summed E-state index contributed by atoms with van der Waals surface area (Å²) in [6.07, 6.45) is 0. The van der Waals surface area contributed by atoms with Crippen molar-refractivity contribution in [3.05, 3.63) is 30.0 Å². The quantitative estimate of drug-likeness (QED) is 0.775. The van der Waals surface area contributed by atoms with E-state index in [2.05, 4.69) is 23.1 Å². The number of nitrogens with zero attached hydrogens (tertiary/aromatic N) is 2. The Morgan fingerprint density at radius 2 is 1.95 bits per heavy atom. The maximum Gasteiger partial charge on any atom is 0.176 e. The SMILES string of the molecule is CC(=O)c1cc2cc(N3CCOCC3)ccc2n1C. The van der Waals surface area contributed by atoms with Gasteiger partial charge < -0.3 is 14.2 Å². The number of carbonyl (C=O) groups excluding carboxylic acids is 1. The number of anilines is 1. The second-order valence-electron chi connectivity index (χ2n) is 4.99. The lowest BCUT2D eigenvalue weighted by atomic mass is 10.2. The second-order valence-corrected chi connectivity index (χ2v) is 4.99. The minimum Gasteiger partial charge on any atom is -0.378 e. The average Bonchev–Trinajstić information content (AvgIpc) is 2.77. The number of aromatic nitrogens is 1. The van der Waals surface area contributed by atoms with Crippen LogP contribution in [0, 0.1) is 0 Å². The van der Waals surface area contributed by atoms with Crippen molar-refractivity contribution < 1.29 is 9.53 Å². The van der Waals surface area contributed by atoms with Crippen molar-refractivity contribution >= 4 is 22.4 Å². The molecule has 1 fully saturated rings. The smallest absolute Gasteiger partial charge is 0.176 e. The van der Waals surface area contributed by atoms with E-state index in [9.17, 15) is 4.79 Å². The molecule has 1 aromatic carbocycles. The summed E-state index contributed by atoms with van der Waals surface area (Å²) < 4.78 is 7.33. The molecule has 0 N–H and O–H groups in total. The van der Waals surface area contributed by atoms with E-state index in [1.165, 1.54) is 5.69 Å². The number of fused-ring (bicyclic) bond motifs is 1. The van der Waals surface area contributed by atoms with Gasteiger partial charge in [-0.1, -0.05) is 0 Å². The fourth-order valence-electron chi connectivity index (χ4n) is 2.69. The van der Waals surface area contributed by atoms with E-state index < -0.39 is 0 Å². The standard InChI is InChI=1S/C15H18N2O2/c1-11(18)15-10-12-9-13(3-4-14(12)16(15)2)17-5-7-19-8-6-17/h3-4,9-10H,5-8H2,1-2H3. The Balaban J connectivity index is 2.03. The topological polar surface area (TPSA) is 34.5 Å². The molecule has 0 spiro atoms.